The molecule has 0 N–H and O–H groups in total. The smallest absolute Gasteiger partial charge is 0.341 e. The van der Waals surface area contributed by atoms with Gasteiger partial charge in [0.1, 0.15) is 23.6 Å². The van der Waals surface area contributed by atoms with Crippen molar-refractivity contribution in [2.45, 2.75) is 18.9 Å². The van der Waals surface area contributed by atoms with Crippen LogP contribution in [0.25, 0.3) is 11.1 Å². The molecule has 1 aliphatic heterocycles. The van der Waals surface area contributed by atoms with E-state index in [1.54, 1.807) is 18.2 Å². The molecule has 6 heteroatoms. The largest absolute Gasteiger partial charge is 0.491 e. The molecule has 1 aromatic heterocycles. The summed E-state index contributed by atoms with van der Waals surface area (Å²) in [5.41, 5.74) is 3.29. The van der Waals surface area contributed by atoms with Crippen LogP contribution in [0, 0.1) is 11.8 Å². The molecule has 1 atom stereocenters. The van der Waals surface area contributed by atoms with Gasteiger partial charge in [0.15, 0.2) is 0 Å². The first kappa shape index (κ1) is 22.8. The Bertz CT molecular complexity index is 1150. The second-order valence-electron chi connectivity index (χ2n) is 7.74. The van der Waals surface area contributed by atoms with Crippen LogP contribution in [0.5, 0.6) is 5.75 Å². The Balaban J connectivity index is 1.34. The third-order valence-electron chi connectivity index (χ3n) is 5.60. The molecule has 5 nitrogen and oxygen atoms in total. The van der Waals surface area contributed by atoms with Crippen LogP contribution in [-0.2, 0) is 4.74 Å². The highest BCUT2D eigenvalue weighted by atomic mass is 35.5. The van der Waals surface area contributed by atoms with Gasteiger partial charge in [-0.05, 0) is 61.2 Å². The van der Waals surface area contributed by atoms with Gasteiger partial charge >= 0.3 is 5.97 Å². The van der Waals surface area contributed by atoms with E-state index >= 15 is 0 Å². The lowest BCUT2D eigenvalue weighted by atomic mass is 10.1. The molecule has 0 bridgehead atoms. The summed E-state index contributed by atoms with van der Waals surface area (Å²) < 4.78 is 10.7. The molecule has 168 valence electrons. The van der Waals surface area contributed by atoms with E-state index in [4.69, 9.17) is 21.1 Å². The van der Waals surface area contributed by atoms with Crippen molar-refractivity contribution < 1.29 is 14.3 Å². The summed E-state index contributed by atoms with van der Waals surface area (Å²) in [4.78, 5) is 18.7. The number of esters is 1. The zero-order valence-electron chi connectivity index (χ0n) is 18.5. The second kappa shape index (κ2) is 11.0. The van der Waals surface area contributed by atoms with Crippen molar-refractivity contribution in [1.29, 1.82) is 0 Å². The summed E-state index contributed by atoms with van der Waals surface area (Å²) in [6, 6.07) is 19.0. The van der Waals surface area contributed by atoms with Gasteiger partial charge in [0, 0.05) is 23.3 Å². The van der Waals surface area contributed by atoms with Crippen molar-refractivity contribution >= 4 is 17.6 Å². The van der Waals surface area contributed by atoms with Crippen LogP contribution in [0.2, 0.25) is 5.02 Å². The Morgan fingerprint density at radius 3 is 2.67 bits per heavy atom. The molecule has 3 aromatic rings. The van der Waals surface area contributed by atoms with E-state index in [9.17, 15) is 4.79 Å². The van der Waals surface area contributed by atoms with Crippen molar-refractivity contribution in [3.63, 3.8) is 0 Å². The lowest BCUT2D eigenvalue weighted by molar-refractivity contribution is 0.0595. The fourth-order valence-corrected chi connectivity index (χ4v) is 3.97. The third kappa shape index (κ3) is 5.92. The maximum absolute atomic E-state index is 11.9. The molecule has 1 aliphatic rings. The van der Waals surface area contributed by atoms with E-state index in [1.807, 2.05) is 48.7 Å². The highest BCUT2D eigenvalue weighted by molar-refractivity contribution is 6.30. The molecule has 1 saturated heterocycles. The molecule has 0 saturated carbocycles. The molecule has 0 amide bonds. The monoisotopic (exact) mass is 460 g/mol. The van der Waals surface area contributed by atoms with E-state index in [1.165, 1.54) is 7.11 Å². The van der Waals surface area contributed by atoms with Crippen molar-refractivity contribution in [3.05, 3.63) is 83.1 Å². The molecule has 1 unspecified atom stereocenters. The van der Waals surface area contributed by atoms with E-state index in [-0.39, 0.29) is 6.04 Å². The highest BCUT2D eigenvalue weighted by Crippen LogP contribution is 2.22. The number of halogens is 1. The van der Waals surface area contributed by atoms with E-state index in [0.29, 0.717) is 22.9 Å². The summed E-state index contributed by atoms with van der Waals surface area (Å²) in [6.07, 6.45) is 3.96. The number of benzene rings is 2. The first-order valence-corrected chi connectivity index (χ1v) is 11.3. The Morgan fingerprint density at radius 2 is 1.91 bits per heavy atom. The first-order chi connectivity index (χ1) is 16.1. The van der Waals surface area contributed by atoms with Crippen LogP contribution in [0.4, 0.5) is 0 Å². The lowest BCUT2D eigenvalue weighted by Gasteiger charge is -2.20. The number of para-hydroxylation sites is 1. The van der Waals surface area contributed by atoms with E-state index in [2.05, 4.69) is 21.7 Å². The number of methoxy groups -OCH3 is 1. The van der Waals surface area contributed by atoms with Crippen LogP contribution in [0.1, 0.15) is 28.9 Å². The zero-order valence-corrected chi connectivity index (χ0v) is 19.2. The third-order valence-corrected chi connectivity index (χ3v) is 5.85. The molecule has 1 fully saturated rings. The van der Waals surface area contributed by atoms with Crippen molar-refractivity contribution in [2.24, 2.45) is 0 Å². The molecule has 0 spiro atoms. The standard InChI is InChI=1S/C27H25ClN2O3/c1-32-27(31)25-6-2-3-7-26(25)33-18-17-30-16-4-5-24(30)15-14-23-13-10-21(19-29-23)20-8-11-22(28)12-9-20/h2-3,6-13,19,24H,4-5,16-18H2,1H3. The minimum absolute atomic E-state index is 0.169. The van der Waals surface area contributed by atoms with Gasteiger partial charge in [-0.15, -0.1) is 0 Å². The molecular weight excluding hydrogens is 436 g/mol. The number of hydrogen-bond donors (Lipinski definition) is 0. The summed E-state index contributed by atoms with van der Waals surface area (Å²) in [6.45, 7) is 2.18. The molecular formula is C27H25ClN2O3. The minimum Gasteiger partial charge on any atom is -0.491 e. The van der Waals surface area contributed by atoms with Gasteiger partial charge in [-0.25, -0.2) is 9.78 Å². The Labute approximate surface area is 199 Å². The highest BCUT2D eigenvalue weighted by Gasteiger charge is 2.22. The van der Waals surface area contributed by atoms with Gasteiger partial charge < -0.3 is 9.47 Å². The maximum atomic E-state index is 11.9. The summed E-state index contributed by atoms with van der Waals surface area (Å²) in [5, 5.41) is 0.716. The van der Waals surface area contributed by atoms with Crippen LogP contribution < -0.4 is 4.74 Å². The number of nitrogens with zero attached hydrogens (tertiary/aromatic N) is 2. The number of hydrogen-bond acceptors (Lipinski definition) is 5. The van der Waals surface area contributed by atoms with Crippen LogP contribution >= 0.6 is 11.6 Å². The quantitative estimate of drug-likeness (QED) is 0.379. The predicted molar refractivity (Wildman–Crippen MR) is 129 cm³/mol. The second-order valence-corrected chi connectivity index (χ2v) is 8.17. The lowest BCUT2D eigenvalue weighted by Crippen LogP contribution is -2.32. The van der Waals surface area contributed by atoms with Crippen molar-refractivity contribution in [3.8, 4) is 28.7 Å². The number of aromatic nitrogens is 1. The van der Waals surface area contributed by atoms with Crippen molar-refractivity contribution in [2.75, 3.05) is 26.8 Å². The Kier molecular flexibility index (Phi) is 7.62. The van der Waals surface area contributed by atoms with Gasteiger partial charge in [0.05, 0.1) is 13.2 Å². The first-order valence-electron chi connectivity index (χ1n) is 10.9. The molecule has 4 rings (SSSR count). The van der Waals surface area contributed by atoms with Gasteiger partial charge in [-0.3, -0.25) is 4.90 Å². The molecule has 2 aromatic carbocycles. The predicted octanol–water partition coefficient (Wildman–Crippen LogP) is 5.08. The zero-order chi connectivity index (χ0) is 23.0. The number of likely N-dealkylation sites (tertiary alicyclic amines) is 1. The molecule has 2 heterocycles. The fraction of sp³-hybridized carbons (Fsp3) is 0.259. The van der Waals surface area contributed by atoms with Crippen LogP contribution in [-0.4, -0.2) is 48.7 Å². The van der Waals surface area contributed by atoms with Crippen molar-refractivity contribution in [1.82, 2.24) is 9.88 Å². The SMILES string of the molecule is COC(=O)c1ccccc1OCCN1CCCC1C#Cc1ccc(-c2ccc(Cl)cc2)cn1. The Hall–Kier alpha value is -3.33. The summed E-state index contributed by atoms with van der Waals surface area (Å²) in [7, 11) is 1.37. The van der Waals surface area contributed by atoms with Crippen LogP contribution in [0.3, 0.4) is 0 Å². The van der Waals surface area contributed by atoms with Gasteiger partial charge in [0.25, 0.3) is 0 Å². The Morgan fingerprint density at radius 1 is 1.12 bits per heavy atom. The molecule has 0 aliphatic carbocycles. The van der Waals surface area contributed by atoms with Gasteiger partial charge in [-0.2, -0.15) is 0 Å². The number of carbonyl (C=O) groups is 1. The molecule has 33 heavy (non-hydrogen) atoms. The fourth-order valence-electron chi connectivity index (χ4n) is 3.84. The molecule has 0 radical (unpaired) electrons. The topological polar surface area (TPSA) is 51.7 Å². The number of ether oxygens (including phenoxy) is 2. The minimum atomic E-state index is -0.398. The number of carbonyl (C=O) groups excluding carboxylic acids is 1. The summed E-state index contributed by atoms with van der Waals surface area (Å²) in [5.74, 6) is 6.73. The van der Waals surface area contributed by atoms with Gasteiger partial charge in [-0.1, -0.05) is 47.9 Å². The maximum Gasteiger partial charge on any atom is 0.341 e. The normalized spacial score (nSPS) is 15.5. The van der Waals surface area contributed by atoms with Crippen LogP contribution in [0.15, 0.2) is 66.9 Å². The van der Waals surface area contributed by atoms with E-state index < -0.39 is 5.97 Å². The summed E-state index contributed by atoms with van der Waals surface area (Å²) >= 11 is 5.96. The van der Waals surface area contributed by atoms with Gasteiger partial charge in [0.2, 0.25) is 0 Å². The average molecular weight is 461 g/mol. The number of pyridine rings is 1. The number of rotatable bonds is 6. The average Bonchev–Trinajstić information content (AvgIpc) is 3.30. The van der Waals surface area contributed by atoms with E-state index in [0.717, 1.165) is 42.8 Å².